The summed E-state index contributed by atoms with van der Waals surface area (Å²) in [5, 5.41) is 13.7. The highest BCUT2D eigenvalue weighted by Crippen LogP contribution is 2.19. The Morgan fingerprint density at radius 2 is 1.82 bits per heavy atom. The van der Waals surface area contributed by atoms with Crippen LogP contribution in [0.5, 0.6) is 0 Å². The number of rotatable bonds is 7. The van der Waals surface area contributed by atoms with Crippen molar-refractivity contribution in [3.8, 4) is 0 Å². The molecule has 3 atom stereocenters. The van der Waals surface area contributed by atoms with Crippen molar-refractivity contribution in [2.75, 3.05) is 6.54 Å². The van der Waals surface area contributed by atoms with E-state index >= 15 is 0 Å². The maximum atomic E-state index is 12.5. The van der Waals surface area contributed by atoms with Crippen molar-refractivity contribution < 1.29 is 29.0 Å². The zero-order valence-corrected chi connectivity index (χ0v) is 15.9. The van der Waals surface area contributed by atoms with Gasteiger partial charge in [-0.1, -0.05) is 30.3 Å². The topological polar surface area (TPSA) is 125 Å². The molecule has 9 nitrogen and oxygen atoms in total. The molecule has 3 unspecified atom stereocenters. The Kier molecular flexibility index (Phi) is 7.36. The quantitative estimate of drug-likeness (QED) is 0.634. The molecule has 0 aromatic heterocycles. The van der Waals surface area contributed by atoms with E-state index in [1.54, 1.807) is 0 Å². The van der Waals surface area contributed by atoms with Crippen LogP contribution in [0.4, 0.5) is 4.79 Å². The molecule has 0 saturated carbocycles. The number of hydrogen-bond acceptors (Lipinski definition) is 5. The van der Waals surface area contributed by atoms with Gasteiger partial charge in [0.15, 0.2) is 0 Å². The molecule has 1 aromatic rings. The van der Waals surface area contributed by atoms with Crippen LogP contribution in [0.15, 0.2) is 30.3 Å². The first-order valence-electron chi connectivity index (χ1n) is 9.10. The Hall–Kier alpha value is -3.10. The summed E-state index contributed by atoms with van der Waals surface area (Å²) in [4.78, 5) is 49.0. The summed E-state index contributed by atoms with van der Waals surface area (Å²) >= 11 is 0. The summed E-state index contributed by atoms with van der Waals surface area (Å²) in [6, 6.07) is 6.48. The summed E-state index contributed by atoms with van der Waals surface area (Å²) in [6.07, 6.45) is 0.527. The van der Waals surface area contributed by atoms with Crippen LogP contribution in [0.25, 0.3) is 0 Å². The summed E-state index contributed by atoms with van der Waals surface area (Å²) in [5.74, 6) is -2.26. The Morgan fingerprint density at radius 3 is 2.46 bits per heavy atom. The van der Waals surface area contributed by atoms with E-state index in [2.05, 4.69) is 10.6 Å². The first kappa shape index (κ1) is 21.2. The standard InChI is InChI=1S/C19H25N3O6/c1-12(16(23)21-13(2)18(25)26)20-17(24)15-9-6-10-22(15)19(27)28-11-14-7-4-3-5-8-14/h3-5,7-8,12-13,15H,6,9-11H2,1-2H3,(H,20,24)(H,21,23)(H,25,26). The van der Waals surface area contributed by atoms with Crippen molar-refractivity contribution in [1.82, 2.24) is 15.5 Å². The summed E-state index contributed by atoms with van der Waals surface area (Å²) in [5.41, 5.74) is 0.842. The lowest BCUT2D eigenvalue weighted by Gasteiger charge is -2.25. The minimum Gasteiger partial charge on any atom is -0.480 e. The molecule has 1 aliphatic rings. The lowest BCUT2D eigenvalue weighted by atomic mass is 10.2. The maximum absolute atomic E-state index is 12.5. The normalized spacial score (nSPS) is 18.1. The molecule has 9 heteroatoms. The molecular weight excluding hydrogens is 366 g/mol. The van der Waals surface area contributed by atoms with Gasteiger partial charge in [-0.3, -0.25) is 19.3 Å². The molecule has 1 fully saturated rings. The van der Waals surface area contributed by atoms with Gasteiger partial charge in [-0.05, 0) is 32.3 Å². The molecule has 0 spiro atoms. The van der Waals surface area contributed by atoms with E-state index in [1.807, 2.05) is 30.3 Å². The van der Waals surface area contributed by atoms with Crippen molar-refractivity contribution in [3.05, 3.63) is 35.9 Å². The number of amides is 3. The molecule has 0 bridgehead atoms. The molecule has 0 aliphatic carbocycles. The molecule has 1 aromatic carbocycles. The van der Waals surface area contributed by atoms with Crippen LogP contribution >= 0.6 is 0 Å². The number of nitrogens with zero attached hydrogens (tertiary/aromatic N) is 1. The zero-order valence-electron chi connectivity index (χ0n) is 15.9. The molecule has 0 radical (unpaired) electrons. The number of carboxylic acids is 1. The number of hydrogen-bond donors (Lipinski definition) is 3. The van der Waals surface area contributed by atoms with E-state index in [0.29, 0.717) is 19.4 Å². The van der Waals surface area contributed by atoms with Crippen LogP contribution in [-0.2, 0) is 25.7 Å². The third-order valence-electron chi connectivity index (χ3n) is 4.48. The summed E-state index contributed by atoms with van der Waals surface area (Å²) in [7, 11) is 0. The van der Waals surface area contributed by atoms with Crippen molar-refractivity contribution in [1.29, 1.82) is 0 Å². The van der Waals surface area contributed by atoms with Crippen LogP contribution in [0.2, 0.25) is 0 Å². The maximum Gasteiger partial charge on any atom is 0.410 e. The smallest absolute Gasteiger partial charge is 0.410 e. The van der Waals surface area contributed by atoms with E-state index in [0.717, 1.165) is 5.56 Å². The van der Waals surface area contributed by atoms with E-state index in [-0.39, 0.29) is 6.61 Å². The van der Waals surface area contributed by atoms with Gasteiger partial charge in [0.25, 0.3) is 0 Å². The highest BCUT2D eigenvalue weighted by molar-refractivity contribution is 5.92. The number of carbonyl (C=O) groups is 4. The molecular formula is C19H25N3O6. The lowest BCUT2D eigenvalue weighted by Crippen LogP contribution is -2.53. The largest absolute Gasteiger partial charge is 0.480 e. The van der Waals surface area contributed by atoms with Crippen molar-refractivity contribution in [2.24, 2.45) is 0 Å². The van der Waals surface area contributed by atoms with E-state index in [1.165, 1.54) is 18.7 Å². The van der Waals surface area contributed by atoms with Crippen molar-refractivity contribution >= 4 is 23.9 Å². The average Bonchev–Trinajstić information content (AvgIpc) is 3.16. The molecule has 3 N–H and O–H groups in total. The van der Waals surface area contributed by atoms with Gasteiger partial charge in [0.05, 0.1) is 0 Å². The van der Waals surface area contributed by atoms with Gasteiger partial charge in [0.1, 0.15) is 24.7 Å². The molecule has 1 saturated heterocycles. The number of benzene rings is 1. The number of ether oxygens (including phenoxy) is 1. The highest BCUT2D eigenvalue weighted by Gasteiger charge is 2.36. The Labute approximate surface area is 163 Å². The van der Waals surface area contributed by atoms with E-state index in [4.69, 9.17) is 9.84 Å². The number of carboxylic acid groups (broad SMARTS) is 1. The first-order chi connectivity index (χ1) is 13.3. The Morgan fingerprint density at radius 1 is 1.14 bits per heavy atom. The van der Waals surface area contributed by atoms with E-state index in [9.17, 15) is 19.2 Å². The predicted molar refractivity (Wildman–Crippen MR) is 99.2 cm³/mol. The predicted octanol–water partition coefficient (Wildman–Crippen LogP) is 0.882. The third-order valence-corrected chi connectivity index (χ3v) is 4.48. The van der Waals surface area contributed by atoms with Crippen LogP contribution in [0, 0.1) is 0 Å². The molecule has 3 amide bonds. The molecule has 28 heavy (non-hydrogen) atoms. The number of nitrogens with one attached hydrogen (secondary N) is 2. The van der Waals surface area contributed by atoms with Crippen molar-refractivity contribution in [3.63, 3.8) is 0 Å². The van der Waals surface area contributed by atoms with Gasteiger partial charge in [-0.2, -0.15) is 0 Å². The van der Waals surface area contributed by atoms with Gasteiger partial charge in [0.2, 0.25) is 11.8 Å². The number of likely N-dealkylation sites (tertiary alicyclic amines) is 1. The zero-order chi connectivity index (χ0) is 20.7. The Bertz CT molecular complexity index is 724. The fraction of sp³-hybridized carbons (Fsp3) is 0.474. The average molecular weight is 391 g/mol. The fourth-order valence-electron chi connectivity index (χ4n) is 2.84. The minimum atomic E-state index is -1.17. The third kappa shape index (κ3) is 5.70. The Balaban J connectivity index is 1.88. The number of carbonyl (C=O) groups excluding carboxylic acids is 3. The van der Waals surface area contributed by atoms with Gasteiger partial charge in [-0.15, -0.1) is 0 Å². The SMILES string of the molecule is CC(NC(=O)C(C)NC(=O)C1CCCN1C(=O)OCc1ccccc1)C(=O)O. The van der Waals surface area contributed by atoms with Crippen LogP contribution < -0.4 is 10.6 Å². The summed E-state index contributed by atoms with van der Waals surface area (Å²) in [6.45, 7) is 3.28. The van der Waals surface area contributed by atoms with Gasteiger partial charge in [0, 0.05) is 6.54 Å². The summed E-state index contributed by atoms with van der Waals surface area (Å²) < 4.78 is 5.29. The molecule has 1 heterocycles. The first-order valence-corrected chi connectivity index (χ1v) is 9.10. The molecule has 1 aliphatic heterocycles. The van der Waals surface area contributed by atoms with Crippen LogP contribution in [0.1, 0.15) is 32.3 Å². The monoisotopic (exact) mass is 391 g/mol. The van der Waals surface area contributed by atoms with Crippen molar-refractivity contribution in [2.45, 2.75) is 51.4 Å². The molecule has 2 rings (SSSR count). The van der Waals surface area contributed by atoms with Gasteiger partial charge in [-0.25, -0.2) is 4.79 Å². The number of aliphatic carboxylic acids is 1. The highest BCUT2D eigenvalue weighted by atomic mass is 16.6. The second-order valence-electron chi connectivity index (χ2n) is 6.69. The van der Waals surface area contributed by atoms with Gasteiger partial charge < -0.3 is 20.5 Å². The van der Waals surface area contributed by atoms with Gasteiger partial charge >= 0.3 is 12.1 Å². The molecule has 152 valence electrons. The second-order valence-corrected chi connectivity index (χ2v) is 6.69. The fourth-order valence-corrected chi connectivity index (χ4v) is 2.84. The van der Waals surface area contributed by atoms with E-state index < -0.39 is 42.0 Å². The van der Waals surface area contributed by atoms with Crippen LogP contribution in [-0.4, -0.2) is 58.6 Å². The minimum absolute atomic E-state index is 0.108. The second kappa shape index (κ2) is 9.72. The van der Waals surface area contributed by atoms with Crippen LogP contribution in [0.3, 0.4) is 0 Å². The lowest BCUT2D eigenvalue weighted by molar-refractivity contribution is -0.141.